The van der Waals surface area contributed by atoms with Gasteiger partial charge < -0.3 is 26.3 Å². The third kappa shape index (κ3) is 5.71. The van der Waals surface area contributed by atoms with Crippen LogP contribution in [0.3, 0.4) is 0 Å². The SMILES string of the molecule is CCCCCOC(=O)[C@](C(=O)O)(C(CCN=C(N)N)c1ncc2[nH]cnc2n1)N(NC)NC. The number of hydrogen-bond acceptors (Lipinski definition) is 10. The smallest absolute Gasteiger partial charge is 0.342 e. The lowest BCUT2D eigenvalue weighted by molar-refractivity contribution is -0.182. The van der Waals surface area contributed by atoms with E-state index in [0.717, 1.165) is 18.0 Å². The fourth-order valence-corrected chi connectivity index (χ4v) is 3.58. The Morgan fingerprint density at radius 3 is 2.64 bits per heavy atom. The number of aromatic amines is 1. The summed E-state index contributed by atoms with van der Waals surface area (Å²) in [6.07, 6.45) is 5.29. The number of carbonyl (C=O) groups excluding carboxylic acids is 1. The molecule has 0 fully saturated rings. The number of imidazole rings is 1. The third-order valence-electron chi connectivity index (χ3n) is 5.14. The highest BCUT2D eigenvalue weighted by molar-refractivity contribution is 6.05. The molecule has 0 aliphatic carbocycles. The van der Waals surface area contributed by atoms with Crippen LogP contribution in [-0.2, 0) is 14.3 Å². The van der Waals surface area contributed by atoms with E-state index in [-0.39, 0.29) is 31.4 Å². The summed E-state index contributed by atoms with van der Waals surface area (Å²) in [6.45, 7) is 2.10. The van der Waals surface area contributed by atoms with Gasteiger partial charge in [-0.3, -0.25) is 4.99 Å². The molecule has 0 aliphatic heterocycles. The third-order valence-corrected chi connectivity index (χ3v) is 5.14. The minimum atomic E-state index is -2.29. The topological polar surface area (TPSA) is 210 Å². The molecule has 2 aromatic heterocycles. The quantitative estimate of drug-likeness (QED) is 0.0508. The molecule has 2 heterocycles. The van der Waals surface area contributed by atoms with Crippen molar-refractivity contribution in [1.82, 2.24) is 35.9 Å². The number of nitrogens with zero attached hydrogens (tertiary/aromatic N) is 5. The molecule has 0 aromatic carbocycles. The van der Waals surface area contributed by atoms with Crippen LogP contribution in [0.25, 0.3) is 11.2 Å². The van der Waals surface area contributed by atoms with Gasteiger partial charge in [0.1, 0.15) is 11.3 Å². The van der Waals surface area contributed by atoms with Gasteiger partial charge >= 0.3 is 11.9 Å². The number of aliphatic carboxylic acids is 1. The van der Waals surface area contributed by atoms with Crippen LogP contribution < -0.4 is 22.3 Å². The molecule has 33 heavy (non-hydrogen) atoms. The minimum absolute atomic E-state index is 0.0179. The number of carboxylic acids is 1. The molecular weight excluding hydrogens is 432 g/mol. The summed E-state index contributed by atoms with van der Waals surface area (Å²) in [4.78, 5) is 46.0. The van der Waals surface area contributed by atoms with Crippen LogP contribution in [0.2, 0.25) is 0 Å². The number of hydrazine groups is 2. The molecule has 0 saturated carbocycles. The van der Waals surface area contributed by atoms with Gasteiger partial charge in [-0.1, -0.05) is 19.8 Å². The lowest BCUT2D eigenvalue weighted by atomic mass is 9.80. The molecule has 14 heteroatoms. The predicted molar refractivity (Wildman–Crippen MR) is 121 cm³/mol. The van der Waals surface area contributed by atoms with E-state index in [1.807, 2.05) is 6.92 Å². The summed E-state index contributed by atoms with van der Waals surface area (Å²) in [7, 11) is 2.95. The normalized spacial score (nSPS) is 14.1. The van der Waals surface area contributed by atoms with E-state index in [2.05, 4.69) is 35.8 Å². The summed E-state index contributed by atoms with van der Waals surface area (Å²) < 4.78 is 5.45. The van der Waals surface area contributed by atoms with Crippen LogP contribution in [0.15, 0.2) is 17.5 Å². The number of fused-ring (bicyclic) bond motifs is 1. The van der Waals surface area contributed by atoms with Crippen molar-refractivity contribution in [3.63, 3.8) is 0 Å². The van der Waals surface area contributed by atoms with Gasteiger partial charge in [-0.15, -0.1) is 0 Å². The number of aromatic nitrogens is 4. The van der Waals surface area contributed by atoms with Gasteiger partial charge in [0.15, 0.2) is 11.6 Å². The van der Waals surface area contributed by atoms with E-state index < -0.39 is 23.4 Å². The maximum Gasteiger partial charge on any atom is 0.342 e. The fraction of sp³-hybridized carbons (Fsp3) is 0.579. The molecule has 14 nitrogen and oxygen atoms in total. The number of hydrogen-bond donors (Lipinski definition) is 6. The number of rotatable bonds is 14. The lowest BCUT2D eigenvalue weighted by Crippen LogP contribution is -2.71. The van der Waals surface area contributed by atoms with Gasteiger partial charge in [-0.2, -0.15) is 5.12 Å². The first-order valence-electron chi connectivity index (χ1n) is 10.6. The second-order valence-corrected chi connectivity index (χ2v) is 7.21. The summed E-state index contributed by atoms with van der Waals surface area (Å²) in [6, 6.07) is 0. The second kappa shape index (κ2) is 12.0. The van der Waals surface area contributed by atoms with Gasteiger partial charge in [0.25, 0.3) is 5.54 Å². The zero-order valence-electron chi connectivity index (χ0n) is 19.0. The number of nitrogens with two attached hydrogens (primary N) is 2. The Labute approximate surface area is 191 Å². The fourth-order valence-electron chi connectivity index (χ4n) is 3.58. The molecular formula is C19H32N10O4. The molecule has 8 N–H and O–H groups in total. The molecule has 2 atom stereocenters. The minimum Gasteiger partial charge on any atom is -0.479 e. The summed E-state index contributed by atoms with van der Waals surface area (Å²) in [5.41, 5.74) is 14.9. The van der Waals surface area contributed by atoms with E-state index in [4.69, 9.17) is 16.2 Å². The first-order valence-corrected chi connectivity index (χ1v) is 10.6. The Hall–Kier alpha value is -3.36. The number of unbranched alkanes of at least 4 members (excludes halogenated alkanes) is 2. The van der Waals surface area contributed by atoms with Gasteiger partial charge in [0, 0.05) is 20.6 Å². The highest BCUT2D eigenvalue weighted by atomic mass is 16.5. The number of H-pyrrole nitrogens is 1. The number of esters is 1. The monoisotopic (exact) mass is 464 g/mol. The van der Waals surface area contributed by atoms with Crippen LogP contribution in [0.5, 0.6) is 0 Å². The highest BCUT2D eigenvalue weighted by Gasteiger charge is 2.60. The molecule has 1 unspecified atom stereocenters. The van der Waals surface area contributed by atoms with Crippen molar-refractivity contribution >= 4 is 29.1 Å². The maximum absolute atomic E-state index is 13.5. The molecule has 2 aromatic rings. The Morgan fingerprint density at radius 2 is 2.03 bits per heavy atom. The Balaban J connectivity index is 2.63. The number of ether oxygens (including phenoxy) is 1. The average molecular weight is 465 g/mol. The van der Waals surface area contributed by atoms with Crippen LogP contribution in [0.1, 0.15) is 44.3 Å². The summed E-state index contributed by atoms with van der Waals surface area (Å²) in [5.74, 6) is -3.66. The standard InChI is InChI=1S/C19H32N10O4/c1-4-5-6-9-33-17(32)19(16(30)31,29(22-2)23-3)12(7-8-24-18(20)21)14-25-10-13-15(28-14)27-11-26-13/h10-12,22-23H,4-9H2,1-3H3,(H,30,31)(H4,20,21,24)(H,25,26,27,28)/t12?,19-/m1/s1. The Morgan fingerprint density at radius 1 is 1.30 bits per heavy atom. The van der Waals surface area contributed by atoms with Crippen molar-refractivity contribution in [2.24, 2.45) is 16.5 Å². The summed E-state index contributed by atoms with van der Waals surface area (Å²) >= 11 is 0. The maximum atomic E-state index is 13.5. The molecule has 0 aliphatic rings. The molecule has 0 saturated heterocycles. The van der Waals surface area contributed by atoms with Gasteiger partial charge in [-0.05, 0) is 12.8 Å². The molecule has 2 rings (SSSR count). The highest BCUT2D eigenvalue weighted by Crippen LogP contribution is 2.35. The Bertz CT molecular complexity index is 957. The van der Waals surface area contributed by atoms with Crippen LogP contribution in [0, 0.1) is 0 Å². The first-order chi connectivity index (χ1) is 15.8. The van der Waals surface area contributed by atoms with Crippen molar-refractivity contribution < 1.29 is 19.4 Å². The van der Waals surface area contributed by atoms with Crippen molar-refractivity contribution in [3.05, 3.63) is 18.3 Å². The number of guanidine groups is 1. The molecule has 182 valence electrons. The van der Waals surface area contributed by atoms with Crippen molar-refractivity contribution in [3.8, 4) is 0 Å². The zero-order valence-corrected chi connectivity index (χ0v) is 19.0. The zero-order chi connectivity index (χ0) is 24.4. The van der Waals surface area contributed by atoms with Crippen molar-refractivity contribution in [2.75, 3.05) is 27.2 Å². The van der Waals surface area contributed by atoms with E-state index >= 15 is 0 Å². The molecule has 0 bridgehead atoms. The number of nitrogens with one attached hydrogen (secondary N) is 3. The summed E-state index contributed by atoms with van der Waals surface area (Å²) in [5, 5.41) is 11.5. The van der Waals surface area contributed by atoms with Crippen LogP contribution in [-0.4, -0.2) is 80.8 Å². The van der Waals surface area contributed by atoms with Gasteiger partial charge in [0.2, 0.25) is 0 Å². The molecule has 0 amide bonds. The van der Waals surface area contributed by atoms with E-state index in [9.17, 15) is 14.7 Å². The predicted octanol–water partition coefficient (Wildman–Crippen LogP) is -0.772. The van der Waals surface area contributed by atoms with Crippen LogP contribution >= 0.6 is 0 Å². The average Bonchev–Trinajstić information content (AvgIpc) is 3.25. The molecule has 0 spiro atoms. The van der Waals surface area contributed by atoms with Gasteiger partial charge in [0.05, 0.1) is 25.0 Å². The first kappa shape index (κ1) is 25.9. The van der Waals surface area contributed by atoms with Gasteiger partial charge in [-0.25, -0.2) is 35.4 Å². The largest absolute Gasteiger partial charge is 0.479 e. The number of aliphatic imine (C=N–C) groups is 1. The van der Waals surface area contributed by atoms with Crippen molar-refractivity contribution in [2.45, 2.75) is 44.1 Å². The second-order valence-electron chi connectivity index (χ2n) is 7.21. The van der Waals surface area contributed by atoms with E-state index in [1.54, 1.807) is 0 Å². The lowest BCUT2D eigenvalue weighted by Gasteiger charge is -2.41. The molecule has 0 radical (unpaired) electrons. The van der Waals surface area contributed by atoms with Crippen molar-refractivity contribution in [1.29, 1.82) is 0 Å². The van der Waals surface area contributed by atoms with E-state index in [0.29, 0.717) is 17.6 Å². The van der Waals surface area contributed by atoms with E-state index in [1.165, 1.54) is 26.6 Å². The number of carbonyl (C=O) groups is 2. The van der Waals surface area contributed by atoms with Crippen LogP contribution in [0.4, 0.5) is 0 Å². The Kier molecular flexibility index (Phi) is 9.44. The number of carboxylic acid groups (broad SMARTS) is 1.